The molecular formula is C13H28N2O. The van der Waals surface area contributed by atoms with Crippen molar-refractivity contribution < 1.29 is 4.74 Å². The SMILES string of the molecule is COCCNCCCN1[C@H](C)CCC[C@@H]1C. The van der Waals surface area contributed by atoms with Crippen molar-refractivity contribution in [1.29, 1.82) is 0 Å². The van der Waals surface area contributed by atoms with Gasteiger partial charge in [0.15, 0.2) is 0 Å². The summed E-state index contributed by atoms with van der Waals surface area (Å²) in [5, 5.41) is 3.40. The van der Waals surface area contributed by atoms with Gasteiger partial charge in [-0.15, -0.1) is 0 Å². The molecule has 16 heavy (non-hydrogen) atoms. The van der Waals surface area contributed by atoms with E-state index in [2.05, 4.69) is 24.1 Å². The van der Waals surface area contributed by atoms with Gasteiger partial charge in [0, 0.05) is 25.7 Å². The number of piperidine rings is 1. The van der Waals surface area contributed by atoms with Crippen molar-refractivity contribution in [2.45, 2.75) is 51.6 Å². The van der Waals surface area contributed by atoms with Crippen LogP contribution in [0.5, 0.6) is 0 Å². The highest BCUT2D eigenvalue weighted by molar-refractivity contribution is 4.79. The number of rotatable bonds is 7. The molecule has 0 aliphatic carbocycles. The van der Waals surface area contributed by atoms with Gasteiger partial charge in [-0.2, -0.15) is 0 Å². The standard InChI is InChI=1S/C13H28N2O/c1-12-6-4-7-13(2)15(12)10-5-8-14-9-11-16-3/h12-14H,4-11H2,1-3H3/t12-,13+. The van der Waals surface area contributed by atoms with E-state index < -0.39 is 0 Å². The van der Waals surface area contributed by atoms with Gasteiger partial charge in [-0.25, -0.2) is 0 Å². The maximum atomic E-state index is 5.00. The monoisotopic (exact) mass is 228 g/mol. The number of hydrogen-bond donors (Lipinski definition) is 1. The molecule has 1 heterocycles. The van der Waals surface area contributed by atoms with Gasteiger partial charge >= 0.3 is 0 Å². The van der Waals surface area contributed by atoms with Crippen LogP contribution < -0.4 is 5.32 Å². The minimum Gasteiger partial charge on any atom is -0.383 e. The predicted molar refractivity (Wildman–Crippen MR) is 68.8 cm³/mol. The summed E-state index contributed by atoms with van der Waals surface area (Å²) in [5.74, 6) is 0. The average Bonchev–Trinajstić information content (AvgIpc) is 2.26. The lowest BCUT2D eigenvalue weighted by molar-refractivity contribution is 0.102. The molecule has 0 aromatic rings. The molecule has 96 valence electrons. The van der Waals surface area contributed by atoms with Crippen molar-refractivity contribution in [2.24, 2.45) is 0 Å². The summed E-state index contributed by atoms with van der Waals surface area (Å²) in [7, 11) is 1.75. The first-order valence-corrected chi connectivity index (χ1v) is 6.71. The number of ether oxygens (including phenoxy) is 1. The number of nitrogens with one attached hydrogen (secondary N) is 1. The summed E-state index contributed by atoms with van der Waals surface area (Å²) < 4.78 is 5.00. The summed E-state index contributed by atoms with van der Waals surface area (Å²) in [5.41, 5.74) is 0. The van der Waals surface area contributed by atoms with Crippen molar-refractivity contribution in [1.82, 2.24) is 10.2 Å². The Hall–Kier alpha value is -0.120. The second kappa shape index (κ2) is 8.04. The second-order valence-corrected chi connectivity index (χ2v) is 4.96. The van der Waals surface area contributed by atoms with Crippen LogP contribution in [0, 0.1) is 0 Å². The molecule has 1 saturated heterocycles. The van der Waals surface area contributed by atoms with E-state index in [1.54, 1.807) is 7.11 Å². The van der Waals surface area contributed by atoms with E-state index in [9.17, 15) is 0 Å². The molecule has 0 radical (unpaired) electrons. The maximum Gasteiger partial charge on any atom is 0.0587 e. The molecule has 0 saturated carbocycles. The van der Waals surface area contributed by atoms with E-state index in [0.717, 1.165) is 31.8 Å². The van der Waals surface area contributed by atoms with E-state index >= 15 is 0 Å². The van der Waals surface area contributed by atoms with Crippen molar-refractivity contribution >= 4 is 0 Å². The number of hydrogen-bond acceptors (Lipinski definition) is 3. The van der Waals surface area contributed by atoms with E-state index in [1.165, 1.54) is 32.2 Å². The molecule has 1 aliphatic heterocycles. The quantitative estimate of drug-likeness (QED) is 0.673. The molecule has 0 aromatic carbocycles. The van der Waals surface area contributed by atoms with E-state index in [1.807, 2.05) is 0 Å². The van der Waals surface area contributed by atoms with Gasteiger partial charge in [-0.1, -0.05) is 6.42 Å². The summed E-state index contributed by atoms with van der Waals surface area (Å²) >= 11 is 0. The molecule has 0 aromatic heterocycles. The van der Waals surface area contributed by atoms with Gasteiger partial charge in [0.2, 0.25) is 0 Å². The van der Waals surface area contributed by atoms with Crippen LogP contribution in [0.2, 0.25) is 0 Å². The van der Waals surface area contributed by atoms with Gasteiger partial charge < -0.3 is 10.1 Å². The van der Waals surface area contributed by atoms with Crippen LogP contribution in [-0.2, 0) is 4.74 Å². The first-order chi connectivity index (χ1) is 7.75. The lowest BCUT2D eigenvalue weighted by atomic mass is 9.97. The Bertz CT molecular complexity index is 165. The summed E-state index contributed by atoms with van der Waals surface area (Å²) in [6.07, 6.45) is 5.41. The van der Waals surface area contributed by atoms with Crippen LogP contribution in [0.4, 0.5) is 0 Å². The Morgan fingerprint density at radius 1 is 1.19 bits per heavy atom. The molecular weight excluding hydrogens is 200 g/mol. The first kappa shape index (κ1) is 13.9. The molecule has 0 spiro atoms. The van der Waals surface area contributed by atoms with E-state index in [-0.39, 0.29) is 0 Å². The molecule has 1 aliphatic rings. The minimum absolute atomic E-state index is 0.780. The summed E-state index contributed by atoms with van der Waals surface area (Å²) in [6.45, 7) is 8.88. The zero-order chi connectivity index (χ0) is 11.8. The normalized spacial score (nSPS) is 27.2. The lowest BCUT2D eigenvalue weighted by Crippen LogP contribution is -2.44. The van der Waals surface area contributed by atoms with Crippen molar-refractivity contribution in [2.75, 3.05) is 33.4 Å². The van der Waals surface area contributed by atoms with Gasteiger partial charge in [-0.3, -0.25) is 4.90 Å². The number of likely N-dealkylation sites (tertiary alicyclic amines) is 1. The molecule has 1 fully saturated rings. The fourth-order valence-corrected chi connectivity index (χ4v) is 2.60. The molecule has 0 unspecified atom stereocenters. The van der Waals surface area contributed by atoms with Crippen LogP contribution in [0.3, 0.4) is 0 Å². The minimum atomic E-state index is 0.780. The molecule has 3 heteroatoms. The van der Waals surface area contributed by atoms with Crippen LogP contribution in [-0.4, -0.2) is 50.3 Å². The molecule has 3 nitrogen and oxygen atoms in total. The summed E-state index contributed by atoms with van der Waals surface area (Å²) in [6, 6.07) is 1.56. The molecule has 0 bridgehead atoms. The van der Waals surface area contributed by atoms with Crippen molar-refractivity contribution in [3.05, 3.63) is 0 Å². The Morgan fingerprint density at radius 3 is 2.50 bits per heavy atom. The second-order valence-electron chi connectivity index (χ2n) is 4.96. The number of methoxy groups -OCH3 is 1. The zero-order valence-corrected chi connectivity index (χ0v) is 11.2. The van der Waals surface area contributed by atoms with Gasteiger partial charge in [-0.05, 0) is 46.2 Å². The highest BCUT2D eigenvalue weighted by Gasteiger charge is 2.23. The predicted octanol–water partition coefficient (Wildman–Crippen LogP) is 1.88. The van der Waals surface area contributed by atoms with Gasteiger partial charge in [0.05, 0.1) is 6.61 Å². The van der Waals surface area contributed by atoms with Gasteiger partial charge in [0.25, 0.3) is 0 Å². The summed E-state index contributed by atoms with van der Waals surface area (Å²) in [4.78, 5) is 2.67. The fraction of sp³-hybridized carbons (Fsp3) is 1.00. The topological polar surface area (TPSA) is 24.5 Å². The Morgan fingerprint density at radius 2 is 1.88 bits per heavy atom. The molecule has 1 N–H and O–H groups in total. The third-order valence-electron chi connectivity index (χ3n) is 3.63. The third kappa shape index (κ3) is 4.81. The lowest BCUT2D eigenvalue weighted by Gasteiger charge is -2.39. The zero-order valence-electron chi connectivity index (χ0n) is 11.2. The highest BCUT2D eigenvalue weighted by Crippen LogP contribution is 2.22. The largest absolute Gasteiger partial charge is 0.383 e. The Kier molecular flexibility index (Phi) is 7.01. The first-order valence-electron chi connectivity index (χ1n) is 6.71. The van der Waals surface area contributed by atoms with E-state index in [0.29, 0.717) is 0 Å². The molecule has 0 amide bonds. The Balaban J connectivity index is 2.06. The fourth-order valence-electron chi connectivity index (χ4n) is 2.60. The number of nitrogens with zero attached hydrogens (tertiary/aromatic N) is 1. The van der Waals surface area contributed by atoms with Crippen LogP contribution in [0.15, 0.2) is 0 Å². The molecule has 1 rings (SSSR count). The van der Waals surface area contributed by atoms with Crippen molar-refractivity contribution in [3.8, 4) is 0 Å². The maximum absolute atomic E-state index is 5.00. The van der Waals surface area contributed by atoms with E-state index in [4.69, 9.17) is 4.74 Å². The highest BCUT2D eigenvalue weighted by atomic mass is 16.5. The van der Waals surface area contributed by atoms with Crippen LogP contribution in [0.25, 0.3) is 0 Å². The smallest absolute Gasteiger partial charge is 0.0587 e. The van der Waals surface area contributed by atoms with Gasteiger partial charge in [0.1, 0.15) is 0 Å². The Labute approximate surface area is 101 Å². The van der Waals surface area contributed by atoms with Crippen molar-refractivity contribution in [3.63, 3.8) is 0 Å². The molecule has 2 atom stereocenters. The average molecular weight is 228 g/mol. The third-order valence-corrected chi connectivity index (χ3v) is 3.63. The van der Waals surface area contributed by atoms with Crippen LogP contribution >= 0.6 is 0 Å². The van der Waals surface area contributed by atoms with Crippen LogP contribution in [0.1, 0.15) is 39.5 Å².